The van der Waals surface area contributed by atoms with E-state index in [0.717, 1.165) is 16.9 Å². The molecule has 28 heavy (non-hydrogen) atoms. The van der Waals surface area contributed by atoms with Crippen molar-refractivity contribution in [1.29, 1.82) is 0 Å². The number of H-pyrrole nitrogens is 1. The quantitative estimate of drug-likeness (QED) is 0.327. The third-order valence-corrected chi connectivity index (χ3v) is 5.15. The molecule has 0 radical (unpaired) electrons. The van der Waals surface area contributed by atoms with Crippen LogP contribution in [0.1, 0.15) is 11.1 Å². The molecule has 2 atom stereocenters. The van der Waals surface area contributed by atoms with Gasteiger partial charge in [-0.1, -0.05) is 41.7 Å². The molecule has 144 valence electrons. The van der Waals surface area contributed by atoms with Crippen LogP contribution in [0.25, 0.3) is 0 Å². The van der Waals surface area contributed by atoms with Gasteiger partial charge in [-0.15, -0.1) is 5.10 Å². The molecule has 3 rings (SSSR count). The second-order valence-corrected chi connectivity index (χ2v) is 7.65. The van der Waals surface area contributed by atoms with Crippen molar-refractivity contribution >= 4 is 40.9 Å². The number of aromatic amines is 1. The second-order valence-electron chi connectivity index (χ2n) is 5.99. The maximum atomic E-state index is 13.0. The molecule has 3 aromatic rings. The van der Waals surface area contributed by atoms with E-state index in [1.165, 1.54) is 0 Å². The molecule has 5 N–H and O–H groups in total. The maximum Gasteiger partial charge on any atom is 0.245 e. The van der Waals surface area contributed by atoms with Gasteiger partial charge in [0.15, 0.2) is 3.95 Å². The highest BCUT2D eigenvalue weighted by atomic mass is 32.1. The Bertz CT molecular complexity index is 992. The number of pyridine rings is 1. The van der Waals surface area contributed by atoms with Gasteiger partial charge in [0, 0.05) is 18.9 Å². The lowest BCUT2D eigenvalue weighted by molar-refractivity contribution is -0.126. The van der Waals surface area contributed by atoms with Crippen molar-refractivity contribution in [3.63, 3.8) is 0 Å². The number of hydrogen-bond donors (Lipinski definition) is 4. The predicted octanol–water partition coefficient (Wildman–Crippen LogP) is 1.75. The maximum absolute atomic E-state index is 13.0. The van der Waals surface area contributed by atoms with Crippen molar-refractivity contribution in [2.75, 3.05) is 5.32 Å². The van der Waals surface area contributed by atoms with Crippen LogP contribution in [-0.2, 0) is 21.7 Å². The number of rotatable bonds is 8. The highest BCUT2D eigenvalue weighted by Crippen LogP contribution is 2.24. The van der Waals surface area contributed by atoms with Gasteiger partial charge in [-0.05, 0) is 35.5 Å². The van der Waals surface area contributed by atoms with Crippen LogP contribution < -0.4 is 16.4 Å². The van der Waals surface area contributed by atoms with E-state index in [2.05, 4.69) is 25.8 Å². The second kappa shape index (κ2) is 8.83. The van der Waals surface area contributed by atoms with Crippen LogP contribution in [0.2, 0.25) is 0 Å². The van der Waals surface area contributed by atoms with Crippen LogP contribution in [0.5, 0.6) is 0 Å². The van der Waals surface area contributed by atoms with Crippen molar-refractivity contribution in [2.45, 2.75) is 18.1 Å². The molecule has 2 heterocycles. The first-order chi connectivity index (χ1) is 13.5. The Kier molecular flexibility index (Phi) is 6.24. The molecule has 0 aliphatic heterocycles. The van der Waals surface area contributed by atoms with Crippen molar-refractivity contribution < 1.29 is 9.59 Å². The minimum Gasteiger partial charge on any atom is -0.350 e. The summed E-state index contributed by atoms with van der Waals surface area (Å²) in [6.45, 7) is 0.263. The monoisotopic (exact) mass is 414 g/mol. The molecule has 0 spiro atoms. The fourth-order valence-corrected chi connectivity index (χ4v) is 3.46. The topological polar surface area (TPSA) is 126 Å². The molecular weight excluding hydrogens is 396 g/mol. The van der Waals surface area contributed by atoms with Gasteiger partial charge in [-0.2, -0.15) is 0 Å². The highest BCUT2D eigenvalue weighted by molar-refractivity contribution is 7.73. The largest absolute Gasteiger partial charge is 0.350 e. The van der Waals surface area contributed by atoms with Crippen molar-refractivity contribution in [2.24, 2.45) is 5.73 Å². The third-order valence-electron chi connectivity index (χ3n) is 4.13. The minimum absolute atomic E-state index is 0.263. The lowest BCUT2D eigenvalue weighted by atomic mass is 9.84. The van der Waals surface area contributed by atoms with Gasteiger partial charge < -0.3 is 21.2 Å². The van der Waals surface area contributed by atoms with E-state index >= 15 is 0 Å². The molecule has 0 bridgehead atoms. The van der Waals surface area contributed by atoms with Crippen molar-refractivity contribution in [1.82, 2.24) is 20.5 Å². The number of aldehydes is 1. The normalized spacial score (nSPS) is 13.9. The molecule has 1 amide bonds. The zero-order valence-corrected chi connectivity index (χ0v) is 16.3. The molecule has 0 aliphatic rings. The Balaban J connectivity index is 1.90. The number of aromatic nitrogens is 3. The van der Waals surface area contributed by atoms with Gasteiger partial charge in [0.2, 0.25) is 11.0 Å². The molecule has 10 heteroatoms. The van der Waals surface area contributed by atoms with E-state index in [1.54, 1.807) is 54.9 Å². The van der Waals surface area contributed by atoms with Crippen LogP contribution in [-0.4, -0.2) is 33.4 Å². The van der Waals surface area contributed by atoms with Crippen LogP contribution in [0, 0.1) is 3.95 Å². The Morgan fingerprint density at radius 1 is 1.29 bits per heavy atom. The van der Waals surface area contributed by atoms with Gasteiger partial charge >= 0.3 is 0 Å². The average Bonchev–Trinajstić information content (AvgIpc) is 3.16. The zero-order valence-electron chi connectivity index (χ0n) is 14.7. The number of amides is 1. The average molecular weight is 415 g/mol. The number of hydrogen-bond acceptors (Lipinski definition) is 8. The minimum atomic E-state index is -1.61. The highest BCUT2D eigenvalue weighted by Gasteiger charge is 2.42. The number of anilines is 1. The Morgan fingerprint density at radius 2 is 2.00 bits per heavy atom. The summed E-state index contributed by atoms with van der Waals surface area (Å²) in [7, 11) is 0. The van der Waals surface area contributed by atoms with E-state index in [1.807, 2.05) is 0 Å². The predicted molar refractivity (Wildman–Crippen MR) is 109 cm³/mol. The third kappa shape index (κ3) is 4.47. The molecule has 0 aliphatic carbocycles. The van der Waals surface area contributed by atoms with E-state index in [-0.39, 0.29) is 6.54 Å². The lowest BCUT2D eigenvalue weighted by Gasteiger charge is -2.32. The first-order valence-electron chi connectivity index (χ1n) is 8.32. The zero-order chi connectivity index (χ0) is 20.0. The van der Waals surface area contributed by atoms with Gasteiger partial charge in [0.05, 0.1) is 0 Å². The molecule has 8 nitrogen and oxygen atoms in total. The lowest BCUT2D eigenvalue weighted by Crippen LogP contribution is -2.59. The molecule has 1 aromatic carbocycles. The number of carbonyl (C=O) groups excluding carboxylic acids is 2. The number of benzene rings is 1. The fraction of sp³-hybridized carbons (Fsp3) is 0.167. The summed E-state index contributed by atoms with van der Waals surface area (Å²) >= 11 is 6.18. The first-order valence-corrected chi connectivity index (χ1v) is 9.55. The number of nitrogens with zero attached hydrogens (tertiary/aromatic N) is 2. The van der Waals surface area contributed by atoms with Crippen molar-refractivity contribution in [3.05, 3.63) is 69.9 Å². The van der Waals surface area contributed by atoms with Gasteiger partial charge in [-0.3, -0.25) is 14.9 Å². The van der Waals surface area contributed by atoms with Crippen LogP contribution in [0.15, 0.2) is 54.9 Å². The molecule has 0 saturated carbocycles. The Hall–Kier alpha value is -2.95. The summed E-state index contributed by atoms with van der Waals surface area (Å²) in [6, 6.07) is 11.2. The molecule has 2 unspecified atom stereocenters. The van der Waals surface area contributed by atoms with E-state index in [9.17, 15) is 9.59 Å². The smallest absolute Gasteiger partial charge is 0.245 e. The van der Waals surface area contributed by atoms with Gasteiger partial charge in [0.1, 0.15) is 17.9 Å². The summed E-state index contributed by atoms with van der Waals surface area (Å²) in [5.74, 6) is -0.448. The Morgan fingerprint density at radius 3 is 2.61 bits per heavy atom. The summed E-state index contributed by atoms with van der Waals surface area (Å²) in [5.41, 5.74) is 6.18. The number of nitrogens with two attached hydrogens (primary N) is 1. The van der Waals surface area contributed by atoms with E-state index < -0.39 is 17.5 Å². The molecular formula is C18H18N6O2S2. The van der Waals surface area contributed by atoms with E-state index in [4.69, 9.17) is 18.0 Å². The Labute approximate surface area is 170 Å². The van der Waals surface area contributed by atoms with Crippen molar-refractivity contribution in [3.8, 4) is 0 Å². The molecule has 2 aromatic heterocycles. The standard InChI is InChI=1S/C18H18N6O2S2/c19-18(11-25,13-4-2-1-3-5-13)14(22-16-23-24-17(27)28-16)15(26)21-10-12-6-8-20-9-7-12/h1-9,11,14H,10,19H2,(H,21,26)(H,22,23)(H,24,27). The number of carbonyl (C=O) groups is 2. The SMILES string of the molecule is NC(C=O)(c1ccccc1)C(Nc1n[nH]c(=S)s1)C(=O)NCc1ccncc1. The number of nitrogens with one attached hydrogen (secondary N) is 3. The first kappa shape index (κ1) is 19.8. The van der Waals surface area contributed by atoms with Crippen LogP contribution in [0.3, 0.4) is 0 Å². The summed E-state index contributed by atoms with van der Waals surface area (Å²) in [6.07, 6.45) is 3.84. The molecule has 0 fully saturated rings. The van der Waals surface area contributed by atoms with E-state index in [0.29, 0.717) is 20.9 Å². The summed E-state index contributed by atoms with van der Waals surface area (Å²) in [4.78, 5) is 29.0. The fourth-order valence-electron chi connectivity index (χ4n) is 2.64. The van der Waals surface area contributed by atoms with Gasteiger partial charge in [-0.25, -0.2) is 0 Å². The molecule has 0 saturated heterocycles. The van der Waals surface area contributed by atoms with Gasteiger partial charge in [0.25, 0.3) is 0 Å². The summed E-state index contributed by atoms with van der Waals surface area (Å²) < 4.78 is 0.437. The van der Waals surface area contributed by atoms with Crippen LogP contribution >= 0.6 is 23.6 Å². The summed E-state index contributed by atoms with van der Waals surface area (Å²) in [5, 5.41) is 12.8. The van der Waals surface area contributed by atoms with Crippen LogP contribution in [0.4, 0.5) is 5.13 Å².